The van der Waals surface area contributed by atoms with Crippen molar-refractivity contribution in [1.29, 1.82) is 0 Å². The molecule has 0 saturated carbocycles. The van der Waals surface area contributed by atoms with Crippen molar-refractivity contribution < 1.29 is 13.2 Å². The highest BCUT2D eigenvalue weighted by Crippen LogP contribution is 2.29. The summed E-state index contributed by atoms with van der Waals surface area (Å²) in [7, 11) is -1.28. The minimum Gasteiger partial charge on any atom is -0.322 e. The largest absolute Gasteiger partial charge is 0.322 e. The molecule has 0 fully saturated rings. The van der Waals surface area contributed by atoms with Crippen molar-refractivity contribution in [3.8, 4) is 11.3 Å². The number of anilines is 2. The molecule has 2 aromatic carbocycles. The van der Waals surface area contributed by atoms with Crippen molar-refractivity contribution in [2.45, 2.75) is 0 Å². The summed E-state index contributed by atoms with van der Waals surface area (Å²) in [5.41, 5.74) is 2.88. The molecule has 3 aromatic rings. The quantitative estimate of drug-likeness (QED) is 0.640. The fourth-order valence-electron chi connectivity index (χ4n) is 2.45. The number of nitrogens with one attached hydrogen (secondary N) is 1. The van der Waals surface area contributed by atoms with Gasteiger partial charge in [0.2, 0.25) is 10.9 Å². The molecular formula is C19H16ClN3O3S. The van der Waals surface area contributed by atoms with Gasteiger partial charge in [0, 0.05) is 30.1 Å². The zero-order valence-electron chi connectivity index (χ0n) is 14.3. The van der Waals surface area contributed by atoms with E-state index in [0.29, 0.717) is 33.2 Å². The van der Waals surface area contributed by atoms with Crippen LogP contribution in [0.3, 0.4) is 0 Å². The molecule has 0 atom stereocenters. The molecule has 0 aliphatic heterocycles. The number of benzene rings is 2. The Balaban J connectivity index is 1.80. The number of carbonyl (C=O) groups is 1. The summed E-state index contributed by atoms with van der Waals surface area (Å²) in [5, 5.41) is 3.34. The standard InChI is InChI=1S/C19H16ClN3O3S/c1-23(27(25)26)15-8-5-13(6-9-15)19(24)22-14-7-10-17(20)16(12-14)18-4-2-3-11-21-18/h2-12,27H,1H3,(H,22,24). The zero-order chi connectivity index (χ0) is 19.4. The first kappa shape index (κ1) is 18.9. The van der Waals surface area contributed by atoms with Crippen molar-refractivity contribution in [2.24, 2.45) is 0 Å². The first-order valence-corrected chi connectivity index (χ1v) is 9.47. The minimum absolute atomic E-state index is 0.315. The molecule has 0 bridgehead atoms. The van der Waals surface area contributed by atoms with Gasteiger partial charge in [-0.3, -0.25) is 14.1 Å². The maximum Gasteiger partial charge on any atom is 0.255 e. The Labute approximate surface area is 163 Å². The SMILES string of the molecule is CN(c1ccc(C(=O)Nc2ccc(Cl)c(-c3ccccn3)c2)cc1)[SH](=O)=O. The molecule has 8 heteroatoms. The van der Waals surface area contributed by atoms with Crippen LogP contribution < -0.4 is 9.62 Å². The van der Waals surface area contributed by atoms with E-state index in [1.165, 1.54) is 7.05 Å². The minimum atomic E-state index is -2.72. The van der Waals surface area contributed by atoms with E-state index in [0.717, 1.165) is 4.31 Å². The molecule has 0 unspecified atom stereocenters. The van der Waals surface area contributed by atoms with Gasteiger partial charge in [0.1, 0.15) is 0 Å². The number of pyridine rings is 1. The molecular weight excluding hydrogens is 386 g/mol. The van der Waals surface area contributed by atoms with Crippen LogP contribution in [0.2, 0.25) is 5.02 Å². The number of aromatic nitrogens is 1. The van der Waals surface area contributed by atoms with Crippen LogP contribution in [0.4, 0.5) is 11.4 Å². The molecule has 0 saturated heterocycles. The van der Waals surface area contributed by atoms with Gasteiger partial charge in [-0.15, -0.1) is 0 Å². The molecule has 0 aliphatic rings. The number of hydrogen-bond donors (Lipinski definition) is 2. The van der Waals surface area contributed by atoms with E-state index >= 15 is 0 Å². The van der Waals surface area contributed by atoms with Gasteiger partial charge >= 0.3 is 0 Å². The molecule has 0 spiro atoms. The lowest BCUT2D eigenvalue weighted by molar-refractivity contribution is 0.102. The van der Waals surface area contributed by atoms with Gasteiger partial charge in [0.05, 0.1) is 16.4 Å². The summed E-state index contributed by atoms with van der Waals surface area (Å²) < 4.78 is 23.1. The lowest BCUT2D eigenvalue weighted by atomic mass is 10.1. The van der Waals surface area contributed by atoms with E-state index in [4.69, 9.17) is 11.6 Å². The van der Waals surface area contributed by atoms with Crippen molar-refractivity contribution in [3.05, 3.63) is 77.4 Å². The van der Waals surface area contributed by atoms with Gasteiger partial charge in [0.25, 0.3) is 5.91 Å². The number of halogens is 1. The van der Waals surface area contributed by atoms with Crippen molar-refractivity contribution in [1.82, 2.24) is 4.98 Å². The van der Waals surface area contributed by atoms with Gasteiger partial charge in [0.15, 0.2) is 0 Å². The van der Waals surface area contributed by atoms with Gasteiger partial charge in [-0.05, 0) is 54.6 Å². The van der Waals surface area contributed by atoms with Gasteiger partial charge < -0.3 is 5.32 Å². The van der Waals surface area contributed by atoms with E-state index < -0.39 is 10.9 Å². The number of thiol groups is 1. The maximum absolute atomic E-state index is 12.5. The molecule has 1 amide bonds. The number of nitrogens with zero attached hydrogens (tertiary/aromatic N) is 2. The summed E-state index contributed by atoms with van der Waals surface area (Å²) in [5.74, 6) is -0.315. The highest BCUT2D eigenvalue weighted by molar-refractivity contribution is 7.74. The average molecular weight is 402 g/mol. The predicted octanol–water partition coefficient (Wildman–Crippen LogP) is 3.62. The van der Waals surface area contributed by atoms with Crippen molar-refractivity contribution in [2.75, 3.05) is 16.7 Å². The molecule has 1 N–H and O–H groups in total. The number of hydrogen-bond acceptors (Lipinski definition) is 4. The highest BCUT2D eigenvalue weighted by atomic mass is 35.5. The maximum atomic E-state index is 12.5. The Morgan fingerprint density at radius 2 is 1.81 bits per heavy atom. The summed E-state index contributed by atoms with van der Waals surface area (Å²) >= 11 is 6.25. The topological polar surface area (TPSA) is 79.4 Å². The highest BCUT2D eigenvalue weighted by Gasteiger charge is 2.11. The monoisotopic (exact) mass is 401 g/mol. The Morgan fingerprint density at radius 1 is 1.07 bits per heavy atom. The molecule has 1 aromatic heterocycles. The van der Waals surface area contributed by atoms with Crippen LogP contribution in [0.15, 0.2) is 66.9 Å². The van der Waals surface area contributed by atoms with E-state index in [2.05, 4.69) is 10.3 Å². The van der Waals surface area contributed by atoms with Crippen LogP contribution in [0, 0.1) is 0 Å². The van der Waals surface area contributed by atoms with Crippen LogP contribution in [-0.4, -0.2) is 26.4 Å². The van der Waals surface area contributed by atoms with Crippen molar-refractivity contribution >= 4 is 39.8 Å². The molecule has 0 radical (unpaired) electrons. The second-order valence-corrected chi connectivity index (χ2v) is 7.15. The van der Waals surface area contributed by atoms with E-state index in [1.54, 1.807) is 48.7 Å². The second kappa shape index (κ2) is 8.20. The van der Waals surface area contributed by atoms with Gasteiger partial charge in [-0.2, -0.15) is 0 Å². The first-order chi connectivity index (χ1) is 13.0. The van der Waals surface area contributed by atoms with Crippen LogP contribution in [-0.2, 0) is 10.9 Å². The third-order valence-electron chi connectivity index (χ3n) is 3.91. The fourth-order valence-corrected chi connectivity index (χ4v) is 2.98. The normalized spacial score (nSPS) is 10.6. The van der Waals surface area contributed by atoms with E-state index in [-0.39, 0.29) is 5.91 Å². The fraction of sp³-hybridized carbons (Fsp3) is 0.0526. The number of amides is 1. The Kier molecular flexibility index (Phi) is 5.73. The molecule has 3 rings (SSSR count). The lowest BCUT2D eigenvalue weighted by Crippen LogP contribution is -2.15. The Morgan fingerprint density at radius 3 is 2.44 bits per heavy atom. The van der Waals surface area contributed by atoms with Crippen LogP contribution in [0.25, 0.3) is 11.3 Å². The molecule has 6 nitrogen and oxygen atoms in total. The smallest absolute Gasteiger partial charge is 0.255 e. The van der Waals surface area contributed by atoms with Gasteiger partial charge in [-0.1, -0.05) is 17.7 Å². The summed E-state index contributed by atoms with van der Waals surface area (Å²) in [6.07, 6.45) is 1.67. The van der Waals surface area contributed by atoms with E-state index in [1.807, 2.05) is 18.2 Å². The zero-order valence-corrected chi connectivity index (χ0v) is 15.9. The lowest BCUT2D eigenvalue weighted by Gasteiger charge is -2.12. The average Bonchev–Trinajstić information content (AvgIpc) is 2.69. The van der Waals surface area contributed by atoms with Gasteiger partial charge in [-0.25, -0.2) is 8.42 Å². The predicted molar refractivity (Wildman–Crippen MR) is 108 cm³/mol. The molecule has 1 heterocycles. The number of carbonyl (C=O) groups excluding carboxylic acids is 1. The van der Waals surface area contributed by atoms with Crippen LogP contribution in [0.5, 0.6) is 0 Å². The Bertz CT molecular complexity index is 1030. The van der Waals surface area contributed by atoms with E-state index in [9.17, 15) is 13.2 Å². The summed E-state index contributed by atoms with van der Waals surface area (Å²) in [6, 6.07) is 16.9. The second-order valence-electron chi connectivity index (χ2n) is 5.67. The van der Waals surface area contributed by atoms with Crippen LogP contribution >= 0.6 is 11.6 Å². The molecule has 0 aliphatic carbocycles. The summed E-state index contributed by atoms with van der Waals surface area (Å²) in [6.45, 7) is 0. The van der Waals surface area contributed by atoms with Crippen LogP contribution in [0.1, 0.15) is 10.4 Å². The molecule has 27 heavy (non-hydrogen) atoms. The third kappa shape index (κ3) is 4.45. The summed E-state index contributed by atoms with van der Waals surface area (Å²) in [4.78, 5) is 16.7. The first-order valence-electron chi connectivity index (χ1n) is 7.96. The third-order valence-corrected chi connectivity index (χ3v) is 4.96. The molecule has 138 valence electrons. The Hall–Kier alpha value is -2.90. The van der Waals surface area contributed by atoms with Crippen molar-refractivity contribution in [3.63, 3.8) is 0 Å². The number of rotatable bonds is 5.